The summed E-state index contributed by atoms with van der Waals surface area (Å²) in [5, 5.41) is 8.79. The van der Waals surface area contributed by atoms with Gasteiger partial charge in [0.2, 0.25) is 0 Å². The lowest BCUT2D eigenvalue weighted by molar-refractivity contribution is 0.0270. The third-order valence-corrected chi connectivity index (χ3v) is 4.02. The average molecular weight is 343 g/mol. The quantitative estimate of drug-likeness (QED) is 0.796. The predicted molar refractivity (Wildman–Crippen MR) is 95.5 cm³/mol. The van der Waals surface area contributed by atoms with Crippen molar-refractivity contribution in [3.63, 3.8) is 0 Å². The molecule has 1 aliphatic heterocycles. The second-order valence-electron chi connectivity index (χ2n) is 5.64. The van der Waals surface area contributed by atoms with Crippen molar-refractivity contribution in [2.24, 2.45) is 0 Å². The molecule has 3 rings (SSSR count). The lowest BCUT2D eigenvalue weighted by Gasteiger charge is -2.34. The van der Waals surface area contributed by atoms with Gasteiger partial charge in [0.05, 0.1) is 23.7 Å². The van der Waals surface area contributed by atoms with Crippen molar-refractivity contribution in [2.45, 2.75) is 18.9 Å². The van der Waals surface area contributed by atoms with Gasteiger partial charge in [-0.1, -0.05) is 18.2 Å². The molecule has 1 fully saturated rings. The maximum atomic E-state index is 12.2. The zero-order valence-corrected chi connectivity index (χ0v) is 14.0. The highest BCUT2D eigenvalue weighted by Crippen LogP contribution is 2.21. The molecule has 0 radical (unpaired) electrons. The maximum absolute atomic E-state index is 12.2. The summed E-state index contributed by atoms with van der Waals surface area (Å²) in [5.41, 5.74) is 2.18. The van der Waals surface area contributed by atoms with Crippen LogP contribution in [0.1, 0.15) is 28.8 Å². The first-order valence-electron chi connectivity index (χ1n) is 7.77. The van der Waals surface area contributed by atoms with Gasteiger partial charge < -0.3 is 9.64 Å². The van der Waals surface area contributed by atoms with Crippen molar-refractivity contribution in [3.8, 4) is 6.07 Å². The molecule has 1 aliphatic rings. The molecule has 124 valence electrons. The van der Waals surface area contributed by atoms with Crippen LogP contribution in [0.25, 0.3) is 0 Å². The predicted octanol–water partition coefficient (Wildman–Crippen LogP) is 3.81. The fourth-order valence-electron chi connectivity index (χ4n) is 2.81. The Balaban J connectivity index is 0.00000208. The summed E-state index contributed by atoms with van der Waals surface area (Å²) in [7, 11) is 0. The van der Waals surface area contributed by atoms with E-state index in [1.54, 1.807) is 24.3 Å². The number of carbonyl (C=O) groups is 1. The zero-order valence-electron chi connectivity index (χ0n) is 13.2. The Morgan fingerprint density at radius 1 is 1.12 bits per heavy atom. The molecule has 1 unspecified atom stereocenters. The van der Waals surface area contributed by atoms with Crippen molar-refractivity contribution in [2.75, 3.05) is 18.0 Å². The number of piperidine rings is 1. The smallest absolute Gasteiger partial charge is 0.338 e. The number of ether oxygens (including phenoxy) is 1. The highest BCUT2D eigenvalue weighted by molar-refractivity contribution is 5.89. The van der Waals surface area contributed by atoms with Crippen LogP contribution < -0.4 is 4.90 Å². The van der Waals surface area contributed by atoms with Gasteiger partial charge in [-0.3, -0.25) is 0 Å². The number of rotatable bonds is 3. The number of halogens is 1. The molecule has 0 aliphatic carbocycles. The Hall–Kier alpha value is -2.51. The van der Waals surface area contributed by atoms with E-state index >= 15 is 0 Å². The van der Waals surface area contributed by atoms with E-state index in [9.17, 15) is 4.79 Å². The minimum absolute atomic E-state index is 0. The molecule has 0 spiro atoms. The molecule has 1 atom stereocenters. The topological polar surface area (TPSA) is 53.3 Å². The molecule has 2 aromatic rings. The number of benzene rings is 2. The fraction of sp³-hybridized carbons (Fsp3) is 0.263. The van der Waals surface area contributed by atoms with Crippen molar-refractivity contribution in [3.05, 3.63) is 65.7 Å². The summed E-state index contributed by atoms with van der Waals surface area (Å²) in [6, 6.07) is 18.8. The second-order valence-corrected chi connectivity index (χ2v) is 5.64. The van der Waals surface area contributed by atoms with Crippen molar-refractivity contribution < 1.29 is 9.53 Å². The standard InChI is InChI=1S/C19H18N2O2.ClH/c20-13-15-8-10-16(11-9-15)19(22)23-18-7-4-12-21(14-18)17-5-2-1-3-6-17;/h1-3,5-6,8-11,18H,4,7,12,14H2;1H. The minimum Gasteiger partial charge on any atom is -0.457 e. The lowest BCUT2D eigenvalue weighted by Crippen LogP contribution is -2.40. The summed E-state index contributed by atoms with van der Waals surface area (Å²) in [6.07, 6.45) is 1.78. The lowest BCUT2D eigenvalue weighted by atomic mass is 10.1. The molecule has 0 bridgehead atoms. The number of esters is 1. The van der Waals surface area contributed by atoms with Crippen LogP contribution in [0.5, 0.6) is 0 Å². The third kappa shape index (κ3) is 4.27. The molecule has 0 saturated carbocycles. The molecule has 0 aromatic heterocycles. The van der Waals surface area contributed by atoms with Gasteiger partial charge in [0.25, 0.3) is 0 Å². The number of nitriles is 1. The average Bonchev–Trinajstić information content (AvgIpc) is 2.63. The van der Waals surface area contributed by atoms with E-state index in [2.05, 4.69) is 17.0 Å². The molecule has 0 N–H and O–H groups in total. The fourth-order valence-corrected chi connectivity index (χ4v) is 2.81. The molecule has 24 heavy (non-hydrogen) atoms. The van der Waals surface area contributed by atoms with E-state index < -0.39 is 0 Å². The molecule has 0 amide bonds. The van der Waals surface area contributed by atoms with Crippen molar-refractivity contribution >= 4 is 24.1 Å². The van der Waals surface area contributed by atoms with Gasteiger partial charge in [-0.25, -0.2) is 4.79 Å². The van der Waals surface area contributed by atoms with Gasteiger partial charge in [-0.2, -0.15) is 5.26 Å². The molecular weight excluding hydrogens is 324 g/mol. The Morgan fingerprint density at radius 3 is 2.50 bits per heavy atom. The number of anilines is 1. The van der Waals surface area contributed by atoms with Gasteiger partial charge in [0.15, 0.2) is 0 Å². The molecular formula is C19H19ClN2O2. The largest absolute Gasteiger partial charge is 0.457 e. The monoisotopic (exact) mass is 342 g/mol. The van der Waals surface area contributed by atoms with Crippen LogP contribution in [0, 0.1) is 11.3 Å². The first-order chi connectivity index (χ1) is 11.3. The summed E-state index contributed by atoms with van der Waals surface area (Å²) in [6.45, 7) is 1.70. The number of nitrogens with zero attached hydrogens (tertiary/aromatic N) is 2. The number of hydrogen-bond acceptors (Lipinski definition) is 4. The van der Waals surface area contributed by atoms with Crippen LogP contribution in [0.3, 0.4) is 0 Å². The van der Waals surface area contributed by atoms with Crippen LogP contribution in [0.4, 0.5) is 5.69 Å². The normalized spacial score (nSPS) is 16.6. The molecule has 1 saturated heterocycles. The van der Waals surface area contributed by atoms with E-state index in [0.717, 1.165) is 25.1 Å². The summed E-state index contributed by atoms with van der Waals surface area (Å²) >= 11 is 0. The van der Waals surface area contributed by atoms with Crippen LogP contribution in [0.2, 0.25) is 0 Å². The Kier molecular flexibility index (Phi) is 6.22. The van der Waals surface area contributed by atoms with Gasteiger partial charge in [0, 0.05) is 12.2 Å². The van der Waals surface area contributed by atoms with E-state index in [0.29, 0.717) is 17.7 Å². The van der Waals surface area contributed by atoms with E-state index in [1.807, 2.05) is 24.3 Å². The van der Waals surface area contributed by atoms with Gasteiger partial charge in [-0.15, -0.1) is 12.4 Å². The Labute approximate surface area is 148 Å². The number of para-hydroxylation sites is 1. The summed E-state index contributed by atoms with van der Waals surface area (Å²) in [4.78, 5) is 14.5. The molecule has 5 heteroatoms. The first-order valence-corrected chi connectivity index (χ1v) is 7.77. The summed E-state index contributed by atoms with van der Waals surface area (Å²) < 4.78 is 5.64. The second kappa shape index (κ2) is 8.37. The Morgan fingerprint density at radius 2 is 1.83 bits per heavy atom. The van der Waals surface area contributed by atoms with Gasteiger partial charge >= 0.3 is 5.97 Å². The van der Waals surface area contributed by atoms with Crippen LogP contribution in [-0.4, -0.2) is 25.2 Å². The number of hydrogen-bond donors (Lipinski definition) is 0. The highest BCUT2D eigenvalue weighted by Gasteiger charge is 2.23. The maximum Gasteiger partial charge on any atom is 0.338 e. The van der Waals surface area contributed by atoms with E-state index in [1.165, 1.54) is 0 Å². The summed E-state index contributed by atoms with van der Waals surface area (Å²) in [5.74, 6) is -0.325. The molecule has 1 heterocycles. The van der Waals surface area contributed by atoms with Crippen molar-refractivity contribution in [1.82, 2.24) is 0 Å². The first kappa shape index (κ1) is 17.8. The van der Waals surface area contributed by atoms with Crippen LogP contribution >= 0.6 is 12.4 Å². The van der Waals surface area contributed by atoms with Gasteiger partial charge in [-0.05, 0) is 49.2 Å². The minimum atomic E-state index is -0.325. The third-order valence-electron chi connectivity index (χ3n) is 4.02. The van der Waals surface area contributed by atoms with Crippen molar-refractivity contribution in [1.29, 1.82) is 5.26 Å². The zero-order chi connectivity index (χ0) is 16.1. The Bertz CT molecular complexity index is 710. The van der Waals surface area contributed by atoms with E-state index in [4.69, 9.17) is 10.00 Å². The van der Waals surface area contributed by atoms with Crippen LogP contribution in [-0.2, 0) is 4.74 Å². The van der Waals surface area contributed by atoms with E-state index in [-0.39, 0.29) is 24.5 Å². The number of carbonyl (C=O) groups excluding carboxylic acids is 1. The SMILES string of the molecule is Cl.N#Cc1ccc(C(=O)OC2CCCN(c3ccccc3)C2)cc1. The molecule has 4 nitrogen and oxygen atoms in total. The highest BCUT2D eigenvalue weighted by atomic mass is 35.5. The van der Waals surface area contributed by atoms with Gasteiger partial charge in [0.1, 0.15) is 6.10 Å². The van der Waals surface area contributed by atoms with Crippen LogP contribution in [0.15, 0.2) is 54.6 Å². The molecule has 2 aromatic carbocycles.